The average Bonchev–Trinajstić information content (AvgIpc) is 2.97. The number of aromatic nitrogens is 2. The molecular formula is C22H26N2O2. The van der Waals surface area contributed by atoms with Crippen molar-refractivity contribution in [2.75, 3.05) is 0 Å². The second kappa shape index (κ2) is 6.94. The van der Waals surface area contributed by atoms with Crippen molar-refractivity contribution in [2.45, 2.75) is 52.7 Å². The highest BCUT2D eigenvalue weighted by Gasteiger charge is 2.19. The lowest BCUT2D eigenvalue weighted by atomic mass is 9.87. The SMILES string of the molecule is CC(=O)C(C)n1c(COc2ccc(C(C)(C)C)cc2)nc2ccccc21. The van der Waals surface area contributed by atoms with Crippen LogP contribution in [0.1, 0.15) is 52.0 Å². The van der Waals surface area contributed by atoms with Crippen molar-refractivity contribution >= 4 is 16.8 Å². The quantitative estimate of drug-likeness (QED) is 0.646. The molecule has 1 unspecified atom stereocenters. The molecule has 0 aliphatic heterocycles. The van der Waals surface area contributed by atoms with Crippen LogP contribution in [0, 0.1) is 0 Å². The summed E-state index contributed by atoms with van der Waals surface area (Å²) in [6.07, 6.45) is 0. The highest BCUT2D eigenvalue weighted by Crippen LogP contribution is 2.26. The fraction of sp³-hybridized carbons (Fsp3) is 0.364. The Labute approximate surface area is 154 Å². The zero-order valence-electron chi connectivity index (χ0n) is 16.1. The molecule has 0 saturated carbocycles. The van der Waals surface area contributed by atoms with Crippen molar-refractivity contribution < 1.29 is 9.53 Å². The summed E-state index contributed by atoms with van der Waals surface area (Å²) < 4.78 is 7.94. The standard InChI is InChI=1S/C22H26N2O2/c1-15(16(2)25)24-20-9-7-6-8-19(20)23-21(24)14-26-18-12-10-17(11-13-18)22(3,4)5/h6-13,15H,14H2,1-5H3. The predicted molar refractivity (Wildman–Crippen MR) is 105 cm³/mol. The van der Waals surface area contributed by atoms with E-state index in [4.69, 9.17) is 4.74 Å². The van der Waals surface area contributed by atoms with E-state index in [0.29, 0.717) is 6.61 Å². The smallest absolute Gasteiger partial charge is 0.152 e. The van der Waals surface area contributed by atoms with Gasteiger partial charge in [-0.3, -0.25) is 4.79 Å². The second-order valence-electron chi connectivity index (χ2n) is 7.74. The Morgan fingerprint density at radius 1 is 1.12 bits per heavy atom. The van der Waals surface area contributed by atoms with E-state index in [-0.39, 0.29) is 17.2 Å². The zero-order valence-corrected chi connectivity index (χ0v) is 16.1. The number of ketones is 1. The maximum atomic E-state index is 12.0. The number of imidazole rings is 1. The molecule has 3 aromatic rings. The molecule has 4 heteroatoms. The molecule has 1 atom stereocenters. The number of hydrogen-bond donors (Lipinski definition) is 0. The molecule has 0 N–H and O–H groups in total. The van der Waals surface area contributed by atoms with E-state index in [9.17, 15) is 4.79 Å². The van der Waals surface area contributed by atoms with E-state index in [1.165, 1.54) is 5.56 Å². The maximum Gasteiger partial charge on any atom is 0.152 e. The highest BCUT2D eigenvalue weighted by molar-refractivity contribution is 5.83. The first kappa shape index (κ1) is 18.2. The molecule has 0 aliphatic carbocycles. The van der Waals surface area contributed by atoms with Crippen molar-refractivity contribution in [1.82, 2.24) is 9.55 Å². The minimum atomic E-state index is -0.274. The molecule has 26 heavy (non-hydrogen) atoms. The van der Waals surface area contributed by atoms with Crippen molar-refractivity contribution in [1.29, 1.82) is 0 Å². The summed E-state index contributed by atoms with van der Waals surface area (Å²) in [5.74, 6) is 1.66. The number of carbonyl (C=O) groups excluding carboxylic acids is 1. The third-order valence-electron chi connectivity index (χ3n) is 4.73. The molecule has 1 aromatic heterocycles. The first-order chi connectivity index (χ1) is 12.3. The van der Waals surface area contributed by atoms with E-state index in [1.54, 1.807) is 6.92 Å². The van der Waals surface area contributed by atoms with Gasteiger partial charge in [-0.2, -0.15) is 0 Å². The second-order valence-corrected chi connectivity index (χ2v) is 7.74. The lowest BCUT2D eigenvalue weighted by Gasteiger charge is -2.19. The molecule has 4 nitrogen and oxygen atoms in total. The van der Waals surface area contributed by atoms with Gasteiger partial charge in [-0.25, -0.2) is 4.98 Å². The Morgan fingerprint density at radius 3 is 2.38 bits per heavy atom. The van der Waals surface area contributed by atoms with Crippen LogP contribution in [0.2, 0.25) is 0 Å². The summed E-state index contributed by atoms with van der Waals surface area (Å²) in [6.45, 7) is 10.4. The summed E-state index contributed by atoms with van der Waals surface area (Å²) in [6, 6.07) is 15.8. The van der Waals surface area contributed by atoms with Crippen LogP contribution >= 0.6 is 0 Å². The normalized spacial score (nSPS) is 13.0. The van der Waals surface area contributed by atoms with Gasteiger partial charge in [-0.05, 0) is 49.1 Å². The van der Waals surface area contributed by atoms with E-state index in [0.717, 1.165) is 22.6 Å². The van der Waals surface area contributed by atoms with Gasteiger partial charge in [0.15, 0.2) is 5.78 Å². The van der Waals surface area contributed by atoms with Gasteiger partial charge in [-0.1, -0.05) is 45.0 Å². The lowest BCUT2D eigenvalue weighted by Crippen LogP contribution is -2.17. The molecule has 0 fully saturated rings. The van der Waals surface area contributed by atoms with Crippen LogP contribution in [0.15, 0.2) is 48.5 Å². The first-order valence-corrected chi connectivity index (χ1v) is 8.97. The fourth-order valence-corrected chi connectivity index (χ4v) is 3.01. The molecule has 3 rings (SSSR count). The Morgan fingerprint density at radius 2 is 1.77 bits per heavy atom. The van der Waals surface area contributed by atoms with E-state index in [1.807, 2.05) is 47.9 Å². The van der Waals surface area contributed by atoms with Crippen LogP contribution in [-0.2, 0) is 16.8 Å². The Hall–Kier alpha value is -2.62. The van der Waals surface area contributed by atoms with Crippen molar-refractivity contribution in [2.24, 2.45) is 0 Å². The zero-order chi connectivity index (χ0) is 18.9. The molecule has 1 heterocycles. The van der Waals surface area contributed by atoms with Gasteiger partial charge >= 0.3 is 0 Å². The number of fused-ring (bicyclic) bond motifs is 1. The van der Waals surface area contributed by atoms with Crippen molar-refractivity contribution in [3.8, 4) is 5.75 Å². The van der Waals surface area contributed by atoms with E-state index in [2.05, 4.69) is 37.9 Å². The van der Waals surface area contributed by atoms with E-state index < -0.39 is 0 Å². The van der Waals surface area contributed by atoms with Crippen LogP contribution in [0.5, 0.6) is 5.75 Å². The largest absolute Gasteiger partial charge is 0.486 e. The van der Waals surface area contributed by atoms with Crippen LogP contribution in [0.4, 0.5) is 0 Å². The van der Waals surface area contributed by atoms with Crippen LogP contribution in [0.3, 0.4) is 0 Å². The minimum absolute atomic E-state index is 0.101. The minimum Gasteiger partial charge on any atom is -0.486 e. The van der Waals surface area contributed by atoms with Gasteiger partial charge in [0.2, 0.25) is 0 Å². The van der Waals surface area contributed by atoms with Gasteiger partial charge < -0.3 is 9.30 Å². The topological polar surface area (TPSA) is 44.1 Å². The Bertz CT molecular complexity index is 917. The average molecular weight is 350 g/mol. The molecule has 0 radical (unpaired) electrons. The van der Waals surface area contributed by atoms with Crippen molar-refractivity contribution in [3.05, 3.63) is 59.9 Å². The van der Waals surface area contributed by atoms with Crippen molar-refractivity contribution in [3.63, 3.8) is 0 Å². The number of rotatable bonds is 5. The van der Waals surface area contributed by atoms with Gasteiger partial charge in [0.25, 0.3) is 0 Å². The molecule has 0 saturated heterocycles. The first-order valence-electron chi connectivity index (χ1n) is 8.97. The molecular weight excluding hydrogens is 324 g/mol. The number of Topliss-reactive ketones (excluding diaryl/α,β-unsaturated/α-hetero) is 1. The molecule has 0 aliphatic rings. The Kier molecular flexibility index (Phi) is 4.86. The lowest BCUT2D eigenvalue weighted by molar-refractivity contribution is -0.119. The maximum absolute atomic E-state index is 12.0. The molecule has 2 aromatic carbocycles. The summed E-state index contributed by atoms with van der Waals surface area (Å²) >= 11 is 0. The third-order valence-corrected chi connectivity index (χ3v) is 4.73. The number of nitrogens with zero attached hydrogens (tertiary/aromatic N) is 2. The predicted octanol–water partition coefficient (Wildman–Crippen LogP) is 5.06. The number of para-hydroxylation sites is 2. The van der Waals surface area contributed by atoms with Gasteiger partial charge in [0.05, 0.1) is 17.1 Å². The van der Waals surface area contributed by atoms with Gasteiger partial charge in [0, 0.05) is 0 Å². The summed E-state index contributed by atoms with van der Waals surface area (Å²) in [5.41, 5.74) is 3.21. The van der Waals surface area contributed by atoms with Crippen LogP contribution in [-0.4, -0.2) is 15.3 Å². The molecule has 0 spiro atoms. The fourth-order valence-electron chi connectivity index (χ4n) is 3.01. The number of hydrogen-bond acceptors (Lipinski definition) is 3. The van der Waals surface area contributed by atoms with Crippen LogP contribution < -0.4 is 4.74 Å². The van der Waals surface area contributed by atoms with Gasteiger partial charge in [0.1, 0.15) is 18.2 Å². The summed E-state index contributed by atoms with van der Waals surface area (Å²) in [4.78, 5) is 16.6. The highest BCUT2D eigenvalue weighted by atomic mass is 16.5. The van der Waals surface area contributed by atoms with Crippen LogP contribution in [0.25, 0.3) is 11.0 Å². The number of benzene rings is 2. The Balaban J connectivity index is 1.87. The van der Waals surface area contributed by atoms with E-state index >= 15 is 0 Å². The summed E-state index contributed by atoms with van der Waals surface area (Å²) in [5, 5.41) is 0. The monoisotopic (exact) mass is 350 g/mol. The number of carbonyl (C=O) groups is 1. The third kappa shape index (κ3) is 3.64. The molecule has 0 bridgehead atoms. The summed E-state index contributed by atoms with van der Waals surface area (Å²) in [7, 11) is 0. The van der Waals surface area contributed by atoms with Gasteiger partial charge in [-0.15, -0.1) is 0 Å². The number of ether oxygens (including phenoxy) is 1. The molecule has 0 amide bonds. The molecule has 136 valence electrons.